The number of hydrogen-bond acceptors (Lipinski definition) is 3. The molecule has 1 aromatic heterocycles. The van der Waals surface area contributed by atoms with Crippen LogP contribution in [0.2, 0.25) is 0 Å². The zero-order valence-corrected chi connectivity index (χ0v) is 14.0. The van der Waals surface area contributed by atoms with Crippen molar-refractivity contribution < 1.29 is 23.1 Å². The lowest BCUT2D eigenvalue weighted by Crippen LogP contribution is -2.21. The van der Waals surface area contributed by atoms with E-state index >= 15 is 0 Å². The number of pyridine rings is 1. The van der Waals surface area contributed by atoms with E-state index in [1.165, 1.54) is 28.6 Å². The van der Waals surface area contributed by atoms with Crippen LogP contribution in [-0.2, 0) is 4.79 Å². The number of benzene rings is 1. The smallest absolute Gasteiger partial charge is 0.475 e. The van der Waals surface area contributed by atoms with Crippen molar-refractivity contribution >= 4 is 22.6 Å². The molecule has 0 amide bonds. The summed E-state index contributed by atoms with van der Waals surface area (Å²) < 4.78 is 31.7. The molecule has 3 rings (SSSR count). The quantitative estimate of drug-likeness (QED) is 0.828. The number of aliphatic imine (C=N–C) groups is 1. The van der Waals surface area contributed by atoms with Gasteiger partial charge in [0.05, 0.1) is 5.52 Å². The second-order valence-electron chi connectivity index (χ2n) is 6.15. The Bertz CT molecular complexity index is 800. The van der Waals surface area contributed by atoms with Crippen LogP contribution >= 0.6 is 0 Å². The Morgan fingerprint density at radius 3 is 2.52 bits per heavy atom. The topological polar surface area (TPSA) is 62.5 Å². The molecule has 134 valence electrons. The minimum atomic E-state index is -5.08. The highest BCUT2D eigenvalue weighted by molar-refractivity contribution is 6.03. The average molecular weight is 352 g/mol. The van der Waals surface area contributed by atoms with Gasteiger partial charge in [0.2, 0.25) is 0 Å². The Kier molecular flexibility index (Phi) is 5.77. The minimum absolute atomic E-state index is 0.731. The molecule has 2 aromatic rings. The highest BCUT2D eigenvalue weighted by atomic mass is 19.4. The Morgan fingerprint density at radius 2 is 1.96 bits per heavy atom. The molecule has 0 aliphatic carbocycles. The van der Waals surface area contributed by atoms with Gasteiger partial charge in [0.25, 0.3) is 0 Å². The van der Waals surface area contributed by atoms with Gasteiger partial charge < -0.3 is 5.11 Å². The number of alkyl halides is 3. The molecular formula is C18H19F3N2O2. The third-order valence-electron chi connectivity index (χ3n) is 3.86. The van der Waals surface area contributed by atoms with Gasteiger partial charge in [-0.15, -0.1) is 0 Å². The number of carboxylic acid groups (broad SMARTS) is 1. The Labute approximate surface area is 143 Å². The lowest BCUT2D eigenvalue weighted by molar-refractivity contribution is -0.192. The summed E-state index contributed by atoms with van der Waals surface area (Å²) in [4.78, 5) is 18.1. The first kappa shape index (κ1) is 18.9. The Balaban J connectivity index is 0.000000277. The number of nitrogens with zero attached hydrogens (tertiary/aromatic N) is 2. The molecule has 0 saturated carbocycles. The van der Waals surface area contributed by atoms with Crippen molar-refractivity contribution in [3.63, 3.8) is 0 Å². The van der Waals surface area contributed by atoms with Gasteiger partial charge in [0.15, 0.2) is 0 Å². The molecule has 25 heavy (non-hydrogen) atoms. The summed E-state index contributed by atoms with van der Waals surface area (Å²) in [6.07, 6.45) is -0.812. The van der Waals surface area contributed by atoms with Crippen LogP contribution in [0.3, 0.4) is 0 Å². The van der Waals surface area contributed by atoms with Crippen LogP contribution in [0.1, 0.15) is 30.9 Å². The summed E-state index contributed by atoms with van der Waals surface area (Å²) in [6.45, 7) is 5.31. The summed E-state index contributed by atoms with van der Waals surface area (Å²) in [5.74, 6) is -2.03. The lowest BCUT2D eigenvalue weighted by Gasteiger charge is -2.17. The number of fused-ring (bicyclic) bond motifs is 1. The van der Waals surface area contributed by atoms with Crippen LogP contribution in [0.4, 0.5) is 13.2 Å². The van der Waals surface area contributed by atoms with Gasteiger partial charge in [-0.1, -0.05) is 19.1 Å². The van der Waals surface area contributed by atoms with Crippen molar-refractivity contribution in [3.05, 3.63) is 41.6 Å². The third-order valence-corrected chi connectivity index (χ3v) is 3.86. The number of aliphatic carboxylic acids is 1. The average Bonchev–Trinajstić information content (AvgIpc) is 2.55. The highest BCUT2D eigenvalue weighted by Crippen LogP contribution is 2.21. The number of carboxylic acids is 1. The maximum Gasteiger partial charge on any atom is 0.490 e. The Morgan fingerprint density at radius 1 is 1.28 bits per heavy atom. The van der Waals surface area contributed by atoms with Gasteiger partial charge in [-0.3, -0.25) is 9.98 Å². The molecule has 2 heterocycles. The minimum Gasteiger partial charge on any atom is -0.475 e. The standard InChI is InChI=1S/C16H18N2.C2HF3O2/c1-11-3-6-15(17-9-11)14-5-4-13-7-12(2)10-18-16(13)8-14;3-2(4,5)1(6)7/h4-5,7-8,10-11H,3,6,9H2,1-2H3;(H,6,7). The van der Waals surface area contributed by atoms with Crippen molar-refractivity contribution in [1.82, 2.24) is 4.98 Å². The third kappa shape index (κ3) is 5.27. The summed E-state index contributed by atoms with van der Waals surface area (Å²) in [6, 6.07) is 8.68. The maximum atomic E-state index is 10.6. The summed E-state index contributed by atoms with van der Waals surface area (Å²) in [5, 5.41) is 8.34. The van der Waals surface area contributed by atoms with Crippen molar-refractivity contribution in [3.8, 4) is 0 Å². The van der Waals surface area contributed by atoms with E-state index in [0.29, 0.717) is 0 Å². The van der Waals surface area contributed by atoms with Crippen LogP contribution in [-0.4, -0.2) is 34.5 Å². The zero-order valence-electron chi connectivity index (χ0n) is 14.0. The first-order valence-electron chi connectivity index (χ1n) is 7.87. The number of rotatable bonds is 1. The Hall–Kier alpha value is -2.44. The SMILES string of the molecule is Cc1cnc2cc(C3=NCC(C)CC3)ccc2c1.O=C(O)C(F)(F)F. The molecule has 4 nitrogen and oxygen atoms in total. The predicted octanol–water partition coefficient (Wildman–Crippen LogP) is 4.40. The van der Waals surface area contributed by atoms with Gasteiger partial charge in [0.1, 0.15) is 0 Å². The molecule has 1 unspecified atom stereocenters. The van der Waals surface area contributed by atoms with Crippen LogP contribution < -0.4 is 0 Å². The molecule has 1 atom stereocenters. The van der Waals surface area contributed by atoms with Gasteiger partial charge in [0, 0.05) is 23.8 Å². The normalized spacial score (nSPS) is 17.5. The number of halogens is 3. The molecule has 1 aliphatic heterocycles. The van der Waals surface area contributed by atoms with Crippen LogP contribution in [0.25, 0.3) is 10.9 Å². The molecule has 0 spiro atoms. The summed E-state index contributed by atoms with van der Waals surface area (Å²) >= 11 is 0. The molecule has 0 saturated heterocycles. The fraction of sp³-hybridized carbons (Fsp3) is 0.389. The zero-order chi connectivity index (χ0) is 18.6. The molecular weight excluding hydrogens is 333 g/mol. The lowest BCUT2D eigenvalue weighted by atomic mass is 9.95. The number of aromatic nitrogens is 1. The van der Waals surface area contributed by atoms with E-state index in [4.69, 9.17) is 14.9 Å². The van der Waals surface area contributed by atoms with Crippen molar-refractivity contribution in [1.29, 1.82) is 0 Å². The van der Waals surface area contributed by atoms with E-state index in [1.54, 1.807) is 0 Å². The second kappa shape index (κ2) is 7.63. The maximum absolute atomic E-state index is 10.6. The molecule has 1 aromatic carbocycles. The van der Waals surface area contributed by atoms with E-state index in [1.807, 2.05) is 6.20 Å². The van der Waals surface area contributed by atoms with Crippen molar-refractivity contribution in [2.24, 2.45) is 10.9 Å². The van der Waals surface area contributed by atoms with Crippen molar-refractivity contribution in [2.75, 3.05) is 6.54 Å². The molecule has 0 radical (unpaired) electrons. The van der Waals surface area contributed by atoms with Crippen molar-refractivity contribution in [2.45, 2.75) is 32.9 Å². The molecule has 1 aliphatic rings. The second-order valence-corrected chi connectivity index (χ2v) is 6.15. The van der Waals surface area contributed by atoms with Crippen LogP contribution in [0, 0.1) is 12.8 Å². The fourth-order valence-corrected chi connectivity index (χ4v) is 2.47. The largest absolute Gasteiger partial charge is 0.490 e. The highest BCUT2D eigenvalue weighted by Gasteiger charge is 2.38. The van der Waals surface area contributed by atoms with E-state index in [0.717, 1.165) is 24.4 Å². The number of carbonyl (C=O) groups is 1. The predicted molar refractivity (Wildman–Crippen MR) is 90.0 cm³/mol. The van der Waals surface area contributed by atoms with Crippen LogP contribution in [0.15, 0.2) is 35.5 Å². The van der Waals surface area contributed by atoms with Crippen LogP contribution in [0.5, 0.6) is 0 Å². The van der Waals surface area contributed by atoms with Gasteiger partial charge in [-0.25, -0.2) is 4.79 Å². The van der Waals surface area contributed by atoms with E-state index in [9.17, 15) is 13.2 Å². The monoisotopic (exact) mass is 352 g/mol. The first-order chi connectivity index (χ1) is 11.7. The van der Waals surface area contributed by atoms with Gasteiger partial charge in [-0.05, 0) is 48.9 Å². The summed E-state index contributed by atoms with van der Waals surface area (Å²) in [7, 11) is 0. The number of aryl methyl sites for hydroxylation is 1. The number of hydrogen-bond donors (Lipinski definition) is 1. The van der Waals surface area contributed by atoms with E-state index in [-0.39, 0.29) is 0 Å². The van der Waals surface area contributed by atoms with E-state index in [2.05, 4.69) is 43.1 Å². The molecule has 0 bridgehead atoms. The van der Waals surface area contributed by atoms with Gasteiger partial charge >= 0.3 is 12.1 Å². The molecule has 0 fully saturated rings. The van der Waals surface area contributed by atoms with E-state index < -0.39 is 12.1 Å². The molecule has 1 N–H and O–H groups in total. The summed E-state index contributed by atoms with van der Waals surface area (Å²) in [5.41, 5.74) is 4.77. The first-order valence-corrected chi connectivity index (χ1v) is 7.87. The fourth-order valence-electron chi connectivity index (χ4n) is 2.47. The van der Waals surface area contributed by atoms with Gasteiger partial charge in [-0.2, -0.15) is 13.2 Å². The molecule has 7 heteroatoms.